The van der Waals surface area contributed by atoms with E-state index in [-0.39, 0.29) is 18.8 Å². The zero-order valence-corrected chi connectivity index (χ0v) is 28.4. The van der Waals surface area contributed by atoms with Crippen LogP contribution in [-0.4, -0.2) is 50.9 Å². The van der Waals surface area contributed by atoms with E-state index in [2.05, 4.69) is 21.5 Å². The molecule has 12 nitrogen and oxygen atoms in total. The van der Waals surface area contributed by atoms with E-state index in [0.717, 1.165) is 23.8 Å². The Labute approximate surface area is 290 Å². The van der Waals surface area contributed by atoms with Crippen molar-refractivity contribution in [3.8, 4) is 17.3 Å². The second-order valence-electron chi connectivity index (χ2n) is 11.7. The van der Waals surface area contributed by atoms with Crippen LogP contribution >= 0.6 is 11.3 Å². The van der Waals surface area contributed by atoms with E-state index in [1.165, 1.54) is 40.2 Å². The first-order chi connectivity index (χ1) is 23.9. The van der Waals surface area contributed by atoms with Crippen LogP contribution in [0.1, 0.15) is 47.7 Å². The lowest BCUT2D eigenvalue weighted by molar-refractivity contribution is -0.727. The van der Waals surface area contributed by atoms with Gasteiger partial charge >= 0.3 is 12.1 Å². The molecule has 0 aliphatic carbocycles. The van der Waals surface area contributed by atoms with Gasteiger partial charge in [-0.1, -0.05) is 37.3 Å². The van der Waals surface area contributed by atoms with Crippen LogP contribution in [0, 0.1) is 23.0 Å². The summed E-state index contributed by atoms with van der Waals surface area (Å²) in [5, 5.41) is 30.5. The van der Waals surface area contributed by atoms with Crippen molar-refractivity contribution in [2.45, 2.75) is 44.9 Å². The molecule has 3 atom stereocenters. The van der Waals surface area contributed by atoms with E-state index < -0.39 is 41.4 Å². The second kappa shape index (κ2) is 15.3. The van der Waals surface area contributed by atoms with Crippen LogP contribution in [0.25, 0.3) is 11.3 Å². The summed E-state index contributed by atoms with van der Waals surface area (Å²) in [5.41, 5.74) is 0.454. The molecule has 5 rings (SSSR count). The van der Waals surface area contributed by atoms with Crippen LogP contribution in [0.15, 0.2) is 84.8 Å². The summed E-state index contributed by atoms with van der Waals surface area (Å²) < 4.78 is 43.3. The smallest absolute Gasteiger partial charge is 0.414 e. The van der Waals surface area contributed by atoms with Crippen molar-refractivity contribution >= 4 is 29.1 Å². The fraction of sp³-hybridized carbons (Fsp3) is 0.257. The number of hydrogen-bond acceptors (Lipinski definition) is 10. The van der Waals surface area contributed by atoms with E-state index in [9.17, 15) is 19.1 Å². The Hall–Kier alpha value is -5.56. The summed E-state index contributed by atoms with van der Waals surface area (Å²) in [6.45, 7) is 2.37. The number of carbonyl (C=O) groups excluding carboxylic acids is 2. The molecule has 15 heteroatoms. The summed E-state index contributed by atoms with van der Waals surface area (Å²) in [6, 6.07) is 18.6. The van der Waals surface area contributed by atoms with E-state index in [4.69, 9.17) is 14.7 Å². The Morgan fingerprint density at radius 3 is 2.60 bits per heavy atom. The molecule has 0 radical (unpaired) electrons. The lowest BCUT2D eigenvalue weighted by atomic mass is 9.82. The molecule has 0 saturated heterocycles. The van der Waals surface area contributed by atoms with Crippen molar-refractivity contribution in [1.82, 2.24) is 19.7 Å². The van der Waals surface area contributed by atoms with Gasteiger partial charge in [-0.25, -0.2) is 23.1 Å². The number of rotatable bonds is 12. The number of nitrogens with one attached hydrogen (secondary N) is 1. The van der Waals surface area contributed by atoms with Gasteiger partial charge in [-0.05, 0) is 50.5 Å². The van der Waals surface area contributed by atoms with Gasteiger partial charge in [-0.15, -0.1) is 16.0 Å². The number of nitrogens with zero attached hydrogens (tertiary/aromatic N) is 6. The molecular weight excluding hydrogens is 668 g/mol. The number of anilines is 1. The van der Waals surface area contributed by atoms with Gasteiger partial charge in [0.2, 0.25) is 13.1 Å². The summed E-state index contributed by atoms with van der Waals surface area (Å²) in [4.78, 5) is 30.8. The largest absolute Gasteiger partial charge is 0.442 e. The highest BCUT2D eigenvalue weighted by Gasteiger charge is 2.43. The van der Waals surface area contributed by atoms with Crippen LogP contribution in [0.2, 0.25) is 0 Å². The molecule has 50 heavy (non-hydrogen) atoms. The normalized spacial score (nSPS) is 13.6. The minimum atomic E-state index is -2.03. The Balaban J connectivity index is 1.33. The molecule has 0 spiro atoms. The number of esters is 1. The van der Waals surface area contributed by atoms with E-state index >= 15 is 4.39 Å². The number of hydrogen-bond donors (Lipinski definition) is 2. The lowest BCUT2D eigenvalue weighted by Gasteiger charge is -2.32. The topological polar surface area (TPSA) is 146 Å². The number of ether oxygens (including phenoxy) is 2. The predicted molar refractivity (Wildman–Crippen MR) is 178 cm³/mol. The summed E-state index contributed by atoms with van der Waals surface area (Å²) in [6.07, 6.45) is 1.24. The molecule has 2 aromatic heterocycles. The van der Waals surface area contributed by atoms with Gasteiger partial charge in [0.1, 0.15) is 23.8 Å². The quantitative estimate of drug-likeness (QED) is 0.0983. The molecule has 258 valence electrons. The van der Waals surface area contributed by atoms with Crippen molar-refractivity contribution in [1.29, 1.82) is 5.26 Å². The first-order valence-corrected chi connectivity index (χ1v) is 16.2. The molecule has 0 aliphatic rings. The van der Waals surface area contributed by atoms with Crippen LogP contribution in [0.5, 0.6) is 0 Å². The maximum Gasteiger partial charge on any atom is 0.414 e. The van der Waals surface area contributed by atoms with Gasteiger partial charge < -0.3 is 14.6 Å². The number of para-hydroxylation sites is 1. The van der Waals surface area contributed by atoms with Gasteiger partial charge in [-0.2, -0.15) is 5.26 Å². The monoisotopic (exact) mass is 702 g/mol. The highest BCUT2D eigenvalue weighted by Crippen LogP contribution is 2.41. The highest BCUT2D eigenvalue weighted by atomic mass is 32.1. The highest BCUT2D eigenvalue weighted by molar-refractivity contribution is 7.10. The number of benzene rings is 3. The fourth-order valence-electron chi connectivity index (χ4n) is 5.29. The number of carbonyl (C=O) groups is 2. The van der Waals surface area contributed by atoms with Crippen molar-refractivity contribution < 1.29 is 37.5 Å². The number of aliphatic hydroxyl groups is 1. The molecule has 3 aromatic carbocycles. The van der Waals surface area contributed by atoms with Crippen molar-refractivity contribution in [2.24, 2.45) is 0 Å². The lowest BCUT2D eigenvalue weighted by Crippen LogP contribution is -2.39. The average Bonchev–Trinajstić information content (AvgIpc) is 3.77. The van der Waals surface area contributed by atoms with Gasteiger partial charge in [0.05, 0.1) is 28.0 Å². The van der Waals surface area contributed by atoms with Crippen LogP contribution in [-0.2, 0) is 33.1 Å². The Bertz CT molecular complexity index is 2030. The third-order valence-corrected chi connectivity index (χ3v) is 8.93. The zero-order valence-electron chi connectivity index (χ0n) is 27.6. The molecule has 5 aromatic rings. The van der Waals surface area contributed by atoms with E-state index in [1.807, 2.05) is 0 Å². The first-order valence-electron chi connectivity index (χ1n) is 15.3. The predicted octanol–water partition coefficient (Wildman–Crippen LogP) is 5.46. The number of amides is 1. The van der Waals surface area contributed by atoms with E-state index in [0.29, 0.717) is 27.5 Å². The molecule has 1 amide bonds. The van der Waals surface area contributed by atoms with Crippen molar-refractivity contribution in [2.75, 3.05) is 19.4 Å². The number of thiazole rings is 1. The zero-order chi connectivity index (χ0) is 36.0. The number of nitriles is 1. The Morgan fingerprint density at radius 1 is 1.16 bits per heavy atom. The van der Waals surface area contributed by atoms with Crippen molar-refractivity contribution in [3.05, 3.63) is 118 Å². The second-order valence-corrected chi connectivity index (χ2v) is 12.6. The third-order valence-electron chi connectivity index (χ3n) is 7.90. The van der Waals surface area contributed by atoms with E-state index in [1.54, 1.807) is 79.8 Å². The van der Waals surface area contributed by atoms with Gasteiger partial charge in [0.15, 0.2) is 6.23 Å². The third kappa shape index (κ3) is 8.17. The van der Waals surface area contributed by atoms with Crippen LogP contribution < -0.4 is 9.88 Å². The molecular formula is C35H34F2N7O5S+. The Morgan fingerprint density at radius 2 is 1.90 bits per heavy atom. The summed E-state index contributed by atoms with van der Waals surface area (Å²) in [7, 11) is 3.46. The SMILES string of the molecule is CC(=O)OC(c1ccccc1NC(=O)OC[n+]1cnn(C[C@](O)(c2cc(F)ccc2F)[C@@H](C)c2nc(-c3ccc(C#N)cc3)cs2)c1)N(C)C. The fourth-order valence-corrected chi connectivity index (χ4v) is 6.26. The Kier molecular flexibility index (Phi) is 11.0. The minimum Gasteiger partial charge on any atom is -0.442 e. The molecule has 0 saturated carbocycles. The summed E-state index contributed by atoms with van der Waals surface area (Å²) in [5.74, 6) is -2.87. The molecule has 0 aliphatic heterocycles. The molecule has 0 bridgehead atoms. The van der Waals surface area contributed by atoms with Crippen molar-refractivity contribution in [3.63, 3.8) is 0 Å². The minimum absolute atomic E-state index is 0.277. The maximum atomic E-state index is 15.3. The summed E-state index contributed by atoms with van der Waals surface area (Å²) >= 11 is 1.25. The average molecular weight is 703 g/mol. The first kappa shape index (κ1) is 35.7. The standard InChI is InChI=1S/C35H33F2N7O5S/c1-22(32-40-31(17-50-32)25-11-9-24(16-38)10-12-25)35(47,28-15-26(36)13-14-29(28)37)18-44-20-43(19-39-44)21-48-34(46)41-30-8-6-5-7-27(30)33(42(3)4)49-23(2)45/h5-15,17,19-20,22,33,47H,18,21H2,1-4H3/p+1/t22-,33?,35+/m0/s1. The molecule has 1 unspecified atom stereocenters. The molecule has 2 N–H and O–H groups in total. The number of halogens is 2. The molecule has 2 heterocycles. The van der Waals surface area contributed by atoms with Crippen LogP contribution in [0.3, 0.4) is 0 Å². The molecule has 0 fully saturated rings. The van der Waals surface area contributed by atoms with Gasteiger partial charge in [0.25, 0.3) is 6.33 Å². The number of aromatic nitrogens is 4. The van der Waals surface area contributed by atoms with Gasteiger partial charge in [-0.3, -0.25) is 15.0 Å². The van der Waals surface area contributed by atoms with Gasteiger partial charge in [0, 0.05) is 40.0 Å². The maximum absolute atomic E-state index is 15.3. The van der Waals surface area contributed by atoms with Crippen LogP contribution in [0.4, 0.5) is 19.3 Å².